The van der Waals surface area contributed by atoms with Crippen LogP contribution >= 0.6 is 0 Å². The lowest BCUT2D eigenvalue weighted by molar-refractivity contribution is -0.0434. The Balaban J connectivity index is 1.08. The molecule has 0 saturated carbocycles. The monoisotopic (exact) mass is 796 g/mol. The summed E-state index contributed by atoms with van der Waals surface area (Å²) in [6.07, 6.45) is -3.04. The molecular weight excluding hydrogens is 757 g/mol. The number of nitrogens with zero attached hydrogens (tertiary/aromatic N) is 6. The second-order valence-corrected chi connectivity index (χ2v) is 15.4. The van der Waals surface area contributed by atoms with Gasteiger partial charge in [0, 0.05) is 43.3 Å². The predicted molar refractivity (Wildman–Crippen MR) is 206 cm³/mol. The zero-order valence-electron chi connectivity index (χ0n) is 30.3. The van der Waals surface area contributed by atoms with E-state index in [-0.39, 0.29) is 40.6 Å². The molecule has 19 heteroatoms. The molecule has 2 aliphatic rings. The molecule has 2 amide bonds. The van der Waals surface area contributed by atoms with Gasteiger partial charge in [-0.05, 0) is 35.7 Å². The van der Waals surface area contributed by atoms with E-state index in [0.717, 1.165) is 11.1 Å². The van der Waals surface area contributed by atoms with Crippen molar-refractivity contribution in [3.8, 4) is 0 Å². The zero-order chi connectivity index (χ0) is 39.7. The summed E-state index contributed by atoms with van der Waals surface area (Å²) in [7, 11) is -3.96. The lowest BCUT2D eigenvalue weighted by Gasteiger charge is -2.22. The fourth-order valence-electron chi connectivity index (χ4n) is 7.18. The van der Waals surface area contributed by atoms with Crippen molar-refractivity contribution in [2.75, 3.05) is 35.2 Å². The van der Waals surface area contributed by atoms with Crippen molar-refractivity contribution in [1.82, 2.24) is 30.0 Å². The Hall–Kier alpha value is -5.96. The van der Waals surface area contributed by atoms with Crippen molar-refractivity contribution >= 4 is 44.7 Å². The molecule has 0 spiro atoms. The highest BCUT2D eigenvalue weighted by Crippen LogP contribution is 2.41. The summed E-state index contributed by atoms with van der Waals surface area (Å²) in [4.78, 5) is 29.3. The Morgan fingerprint density at radius 1 is 0.965 bits per heavy atom. The van der Waals surface area contributed by atoms with Crippen LogP contribution in [0, 0.1) is 0 Å². The molecule has 57 heavy (non-hydrogen) atoms. The van der Waals surface area contributed by atoms with Crippen LogP contribution in [0.3, 0.4) is 0 Å². The third-order valence-electron chi connectivity index (χ3n) is 10.0. The van der Waals surface area contributed by atoms with Crippen LogP contribution in [-0.2, 0) is 21.4 Å². The normalized spacial score (nSPS) is 21.0. The maximum absolute atomic E-state index is 13.0. The first-order valence-corrected chi connectivity index (χ1v) is 19.7. The maximum atomic E-state index is 13.0. The van der Waals surface area contributed by atoms with Crippen LogP contribution in [0.5, 0.6) is 0 Å². The smallest absolute Gasteiger partial charge is 0.319 e. The topological polar surface area (TPSA) is 256 Å². The number of rotatable bonds is 12. The van der Waals surface area contributed by atoms with Gasteiger partial charge in [0.1, 0.15) is 24.0 Å². The van der Waals surface area contributed by atoms with Gasteiger partial charge in [-0.1, -0.05) is 71.9 Å². The van der Waals surface area contributed by atoms with E-state index in [2.05, 4.69) is 50.4 Å². The van der Waals surface area contributed by atoms with E-state index in [1.807, 2.05) is 41.3 Å². The minimum Gasteiger partial charge on any atom is -0.390 e. The number of urea groups is 1. The summed E-state index contributed by atoms with van der Waals surface area (Å²) in [5.74, 6) is 0.816. The SMILES string of the molecule is NS(=O)(=O)c1cccc(NC(=O)N[C@@H]2CCN(c3nc(NCC(c4ccccc4)c4ccccc4)c4ncn([C@@H]5O[C@H](c6cc(CO)no6)[C@@H](O)[C@H]5O)c4n3)C2)c1. The fourth-order valence-corrected chi connectivity index (χ4v) is 7.74. The average molecular weight is 797 g/mol. The van der Waals surface area contributed by atoms with Crippen molar-refractivity contribution in [1.29, 1.82) is 0 Å². The van der Waals surface area contributed by atoms with E-state index >= 15 is 0 Å². The first kappa shape index (κ1) is 37.9. The predicted octanol–water partition coefficient (Wildman–Crippen LogP) is 2.59. The van der Waals surface area contributed by atoms with Gasteiger partial charge in [0.05, 0.1) is 17.8 Å². The number of anilines is 3. The molecule has 8 N–H and O–H groups in total. The number of nitrogens with two attached hydrogens (primary N) is 1. The van der Waals surface area contributed by atoms with Crippen molar-refractivity contribution < 1.29 is 37.8 Å². The number of imidazole rings is 1. The molecule has 18 nitrogen and oxygen atoms in total. The second-order valence-electron chi connectivity index (χ2n) is 13.9. The summed E-state index contributed by atoms with van der Waals surface area (Å²) in [5.41, 5.74) is 3.40. The number of carbonyl (C=O) groups excluding carboxylic acids is 1. The van der Waals surface area contributed by atoms with E-state index in [9.17, 15) is 28.5 Å². The molecule has 3 aromatic heterocycles. The van der Waals surface area contributed by atoms with Crippen molar-refractivity contribution in [2.45, 2.75) is 54.4 Å². The van der Waals surface area contributed by atoms with Gasteiger partial charge >= 0.3 is 6.03 Å². The fraction of sp³-hybridized carbons (Fsp3) is 0.289. The Labute approximate surface area is 326 Å². The molecule has 5 atom stereocenters. The van der Waals surface area contributed by atoms with Gasteiger partial charge in [0.2, 0.25) is 16.0 Å². The van der Waals surface area contributed by atoms with Crippen LogP contribution in [0.1, 0.15) is 47.3 Å². The summed E-state index contributed by atoms with van der Waals surface area (Å²) in [5, 5.41) is 49.9. The highest BCUT2D eigenvalue weighted by molar-refractivity contribution is 7.89. The van der Waals surface area contributed by atoms with Gasteiger partial charge < -0.3 is 45.4 Å². The van der Waals surface area contributed by atoms with Crippen molar-refractivity contribution in [3.63, 3.8) is 0 Å². The number of aromatic nitrogens is 5. The number of carbonyl (C=O) groups is 1. The van der Waals surface area contributed by atoms with Gasteiger partial charge in [-0.2, -0.15) is 9.97 Å². The number of benzene rings is 3. The first-order chi connectivity index (χ1) is 27.6. The molecule has 8 rings (SSSR count). The van der Waals surface area contributed by atoms with Gasteiger partial charge in [0.25, 0.3) is 0 Å². The summed E-state index contributed by atoms with van der Waals surface area (Å²) < 4.78 is 36.6. The summed E-state index contributed by atoms with van der Waals surface area (Å²) in [6.45, 7) is 0.874. The number of aliphatic hydroxyl groups is 3. The molecule has 5 heterocycles. The molecule has 0 aliphatic carbocycles. The number of primary sulfonamides is 1. The summed E-state index contributed by atoms with van der Waals surface area (Å²) >= 11 is 0. The van der Waals surface area contributed by atoms with Crippen molar-refractivity contribution in [3.05, 3.63) is 120 Å². The number of ether oxygens (including phenoxy) is 1. The first-order valence-electron chi connectivity index (χ1n) is 18.2. The van der Waals surface area contributed by atoms with Crippen LogP contribution in [-0.4, -0.2) is 92.3 Å². The molecule has 3 aromatic carbocycles. The standard InChI is InChI=1S/C38H40N10O8S/c39-57(53,54)27-13-7-12-24(16-27)42-38(52)43-25-14-15-47(19-25)37-44-34(40-18-28(22-8-3-1-4-9-22)23-10-5-2-6-11-23)30-35(45-37)48(21-41-30)36-32(51)31(50)33(55-36)29-17-26(20-49)46-56-29/h1-13,16-17,21,25,28,31-33,36,49-51H,14-15,18-20H2,(H2,39,53,54)(H,40,44,45)(H2,42,43,52)/t25-,31+,32-,33-,36-/m1/s1. The zero-order valence-corrected chi connectivity index (χ0v) is 31.1. The quantitative estimate of drug-likeness (QED) is 0.0940. The van der Waals surface area contributed by atoms with Gasteiger partial charge in [-0.15, -0.1) is 0 Å². The van der Waals surface area contributed by atoms with Gasteiger partial charge in [-0.3, -0.25) is 4.57 Å². The Bertz CT molecular complexity index is 2430. The molecule has 2 aliphatic heterocycles. The maximum Gasteiger partial charge on any atom is 0.319 e. The van der Waals surface area contributed by atoms with Crippen LogP contribution in [0.25, 0.3) is 11.2 Å². The largest absolute Gasteiger partial charge is 0.390 e. The third-order valence-corrected chi connectivity index (χ3v) is 11.0. The lowest BCUT2D eigenvalue weighted by Crippen LogP contribution is -2.40. The minimum atomic E-state index is -3.96. The molecular formula is C38H40N10O8S. The number of hydrogen-bond acceptors (Lipinski definition) is 14. The summed E-state index contributed by atoms with van der Waals surface area (Å²) in [6, 6.07) is 26.4. The van der Waals surface area contributed by atoms with Crippen LogP contribution in [0.15, 0.2) is 107 Å². The number of sulfonamides is 1. The van der Waals surface area contributed by atoms with E-state index < -0.39 is 40.6 Å². The van der Waals surface area contributed by atoms with Gasteiger partial charge in [0.15, 0.2) is 29.0 Å². The van der Waals surface area contributed by atoms with E-state index in [0.29, 0.717) is 49.0 Å². The Morgan fingerprint density at radius 3 is 2.39 bits per heavy atom. The number of hydrogen-bond donors (Lipinski definition) is 7. The van der Waals surface area contributed by atoms with Crippen molar-refractivity contribution in [2.24, 2.45) is 5.14 Å². The van der Waals surface area contributed by atoms with E-state index in [1.165, 1.54) is 35.2 Å². The molecule has 0 bridgehead atoms. The highest BCUT2D eigenvalue weighted by Gasteiger charge is 2.47. The number of amides is 2. The number of nitrogens with one attached hydrogen (secondary N) is 3. The Kier molecular flexibility index (Phi) is 10.6. The molecule has 6 aromatic rings. The Morgan fingerprint density at radius 2 is 1.70 bits per heavy atom. The molecule has 296 valence electrons. The van der Waals surface area contributed by atoms with E-state index in [4.69, 9.17) is 24.4 Å². The molecule has 0 unspecified atom stereocenters. The highest BCUT2D eigenvalue weighted by atomic mass is 32.2. The van der Waals surface area contributed by atoms with Gasteiger partial charge in [-0.25, -0.2) is 23.3 Å². The molecule has 2 fully saturated rings. The second kappa shape index (κ2) is 15.9. The van der Waals surface area contributed by atoms with E-state index in [1.54, 1.807) is 6.07 Å². The van der Waals surface area contributed by atoms with Crippen LogP contribution < -0.4 is 26.0 Å². The molecule has 2 saturated heterocycles. The van der Waals surface area contributed by atoms with Crippen LogP contribution in [0.4, 0.5) is 22.2 Å². The lowest BCUT2D eigenvalue weighted by atomic mass is 9.91. The average Bonchev–Trinajstić information content (AvgIpc) is 4.03. The number of fused-ring (bicyclic) bond motifs is 1. The third kappa shape index (κ3) is 8.01. The molecule has 0 radical (unpaired) electrons. The minimum absolute atomic E-state index is 0.0610. The van der Waals surface area contributed by atoms with Crippen LogP contribution in [0.2, 0.25) is 0 Å². The number of aliphatic hydroxyl groups excluding tert-OH is 3.